The van der Waals surface area contributed by atoms with Crippen molar-refractivity contribution in [2.24, 2.45) is 0 Å². The van der Waals surface area contributed by atoms with E-state index in [0.29, 0.717) is 26.3 Å². The molecule has 4 rings (SSSR count). The van der Waals surface area contributed by atoms with Gasteiger partial charge >= 0.3 is 0 Å². The zero-order valence-corrected chi connectivity index (χ0v) is 14.0. The van der Waals surface area contributed by atoms with Crippen molar-refractivity contribution in [2.45, 2.75) is 37.4 Å². The average molecular weight is 331 g/mol. The number of morpholine rings is 1. The lowest BCUT2D eigenvalue weighted by Crippen LogP contribution is -2.61. The molecule has 0 radical (unpaired) electrons. The van der Waals surface area contributed by atoms with Crippen molar-refractivity contribution < 1.29 is 14.3 Å². The van der Waals surface area contributed by atoms with Crippen LogP contribution in [-0.2, 0) is 14.3 Å². The molecule has 3 aliphatic heterocycles. The number of carbonyl (C=O) groups is 1. The van der Waals surface area contributed by atoms with Crippen LogP contribution in [0.5, 0.6) is 0 Å². The Morgan fingerprint density at radius 3 is 3.00 bits per heavy atom. The standard InChI is InChI=1S/C18H25N3O3/c22-17(16-5-2-10-23-16)21-9-11-24-18(14-21)6-3-8-20(13-18)15-4-1-7-19-12-15/h1,4,7,12,16H,2-3,5-6,8-11,13-14H2/t16-,18-/m1/s1. The van der Waals surface area contributed by atoms with Crippen LogP contribution < -0.4 is 4.90 Å². The lowest BCUT2D eigenvalue weighted by atomic mass is 9.90. The van der Waals surface area contributed by atoms with E-state index in [2.05, 4.69) is 16.0 Å². The summed E-state index contributed by atoms with van der Waals surface area (Å²) in [4.78, 5) is 21.2. The van der Waals surface area contributed by atoms with Gasteiger partial charge < -0.3 is 19.3 Å². The molecular formula is C18H25N3O3. The second-order valence-electron chi connectivity index (χ2n) is 7.03. The summed E-state index contributed by atoms with van der Waals surface area (Å²) in [5.41, 5.74) is 0.864. The van der Waals surface area contributed by atoms with Crippen LogP contribution in [-0.4, -0.2) is 66.9 Å². The van der Waals surface area contributed by atoms with Gasteiger partial charge in [0.25, 0.3) is 5.91 Å². The lowest BCUT2D eigenvalue weighted by molar-refractivity contribution is -0.160. The third-order valence-electron chi connectivity index (χ3n) is 5.32. The van der Waals surface area contributed by atoms with Gasteiger partial charge in [0.05, 0.1) is 25.0 Å². The van der Waals surface area contributed by atoms with Gasteiger partial charge in [-0.25, -0.2) is 0 Å². The number of anilines is 1. The third kappa shape index (κ3) is 3.13. The quantitative estimate of drug-likeness (QED) is 0.821. The predicted octanol–water partition coefficient (Wildman–Crippen LogP) is 1.46. The smallest absolute Gasteiger partial charge is 0.251 e. The fraction of sp³-hybridized carbons (Fsp3) is 0.667. The molecule has 1 aromatic heterocycles. The second-order valence-corrected chi connectivity index (χ2v) is 7.03. The van der Waals surface area contributed by atoms with E-state index < -0.39 is 0 Å². The van der Waals surface area contributed by atoms with Gasteiger partial charge in [-0.15, -0.1) is 0 Å². The van der Waals surface area contributed by atoms with E-state index in [4.69, 9.17) is 9.47 Å². The first-order valence-corrected chi connectivity index (χ1v) is 8.95. The molecule has 1 amide bonds. The molecule has 2 atom stereocenters. The minimum absolute atomic E-state index is 0.147. The topological polar surface area (TPSA) is 54.9 Å². The number of aromatic nitrogens is 1. The Labute approximate surface area is 142 Å². The highest BCUT2D eigenvalue weighted by Crippen LogP contribution is 2.32. The fourth-order valence-corrected chi connectivity index (χ4v) is 4.12. The average Bonchev–Trinajstić information content (AvgIpc) is 3.17. The second kappa shape index (κ2) is 6.69. The van der Waals surface area contributed by atoms with Crippen LogP contribution in [0.1, 0.15) is 25.7 Å². The lowest BCUT2D eigenvalue weighted by Gasteiger charge is -2.48. The van der Waals surface area contributed by atoms with E-state index in [1.54, 1.807) is 6.20 Å². The Morgan fingerprint density at radius 1 is 1.25 bits per heavy atom. The summed E-state index contributed by atoms with van der Waals surface area (Å²) in [5, 5.41) is 0. The Morgan fingerprint density at radius 2 is 2.21 bits per heavy atom. The SMILES string of the molecule is O=C([C@H]1CCCO1)N1CCO[C@@]2(CCCN(c3cccnc3)C2)C1. The maximum atomic E-state index is 12.7. The molecular weight excluding hydrogens is 306 g/mol. The Balaban J connectivity index is 1.46. The third-order valence-corrected chi connectivity index (χ3v) is 5.32. The van der Waals surface area contributed by atoms with Gasteiger partial charge in [-0.3, -0.25) is 9.78 Å². The van der Waals surface area contributed by atoms with Gasteiger partial charge in [0.1, 0.15) is 11.7 Å². The minimum Gasteiger partial charge on any atom is -0.369 e. The number of pyridine rings is 1. The molecule has 0 aliphatic carbocycles. The van der Waals surface area contributed by atoms with Crippen LogP contribution >= 0.6 is 0 Å². The van der Waals surface area contributed by atoms with Crippen LogP contribution in [0.3, 0.4) is 0 Å². The number of nitrogens with zero attached hydrogens (tertiary/aromatic N) is 3. The number of ether oxygens (including phenoxy) is 2. The number of amides is 1. The Bertz CT molecular complexity index is 572. The molecule has 3 fully saturated rings. The van der Waals surface area contributed by atoms with Gasteiger partial charge in [0.2, 0.25) is 0 Å². The Kier molecular flexibility index (Phi) is 4.41. The summed E-state index contributed by atoms with van der Waals surface area (Å²) < 4.78 is 11.8. The monoisotopic (exact) mass is 331 g/mol. The maximum Gasteiger partial charge on any atom is 0.251 e. The van der Waals surface area contributed by atoms with E-state index in [1.165, 1.54) is 0 Å². The van der Waals surface area contributed by atoms with Crippen molar-refractivity contribution in [1.82, 2.24) is 9.88 Å². The molecule has 0 aromatic carbocycles. The first-order valence-electron chi connectivity index (χ1n) is 8.95. The summed E-state index contributed by atoms with van der Waals surface area (Å²) in [5.74, 6) is 0.147. The first kappa shape index (κ1) is 15.8. The van der Waals surface area contributed by atoms with Crippen molar-refractivity contribution in [1.29, 1.82) is 0 Å². The highest BCUT2D eigenvalue weighted by atomic mass is 16.5. The fourth-order valence-electron chi connectivity index (χ4n) is 4.12. The molecule has 0 bridgehead atoms. The highest BCUT2D eigenvalue weighted by molar-refractivity contribution is 5.81. The van der Waals surface area contributed by atoms with Gasteiger partial charge in [-0.1, -0.05) is 0 Å². The van der Waals surface area contributed by atoms with Crippen LogP contribution in [0.2, 0.25) is 0 Å². The molecule has 24 heavy (non-hydrogen) atoms. The molecule has 0 saturated carbocycles. The van der Waals surface area contributed by atoms with E-state index in [9.17, 15) is 4.79 Å². The molecule has 0 unspecified atom stereocenters. The van der Waals surface area contributed by atoms with Crippen molar-refractivity contribution >= 4 is 11.6 Å². The summed E-state index contributed by atoms with van der Waals surface area (Å²) >= 11 is 0. The molecule has 1 aromatic rings. The van der Waals surface area contributed by atoms with E-state index in [1.807, 2.05) is 17.2 Å². The molecule has 0 N–H and O–H groups in total. The van der Waals surface area contributed by atoms with Crippen molar-refractivity contribution in [3.05, 3.63) is 24.5 Å². The molecule has 4 heterocycles. The number of carbonyl (C=O) groups excluding carboxylic acids is 1. The first-order chi connectivity index (χ1) is 11.8. The van der Waals surface area contributed by atoms with Crippen LogP contribution in [0.25, 0.3) is 0 Å². The molecule has 130 valence electrons. The zero-order valence-electron chi connectivity index (χ0n) is 14.0. The Hall–Kier alpha value is -1.66. The van der Waals surface area contributed by atoms with Crippen molar-refractivity contribution in [3.8, 4) is 0 Å². The summed E-state index contributed by atoms with van der Waals surface area (Å²) in [6.07, 6.45) is 7.36. The van der Waals surface area contributed by atoms with Crippen molar-refractivity contribution in [3.63, 3.8) is 0 Å². The normalized spacial score (nSPS) is 30.8. The minimum atomic E-state index is -0.263. The molecule has 6 heteroatoms. The van der Waals surface area contributed by atoms with Gasteiger partial charge in [0, 0.05) is 32.4 Å². The zero-order chi connectivity index (χ0) is 16.4. The molecule has 1 spiro atoms. The van der Waals surface area contributed by atoms with Crippen LogP contribution in [0, 0.1) is 0 Å². The number of hydrogen-bond donors (Lipinski definition) is 0. The highest BCUT2D eigenvalue weighted by Gasteiger charge is 2.43. The summed E-state index contributed by atoms with van der Waals surface area (Å²) in [6, 6.07) is 4.05. The summed E-state index contributed by atoms with van der Waals surface area (Å²) in [6.45, 7) is 4.49. The number of hydrogen-bond acceptors (Lipinski definition) is 5. The van der Waals surface area contributed by atoms with E-state index in [0.717, 1.165) is 44.5 Å². The van der Waals surface area contributed by atoms with E-state index >= 15 is 0 Å². The van der Waals surface area contributed by atoms with Gasteiger partial charge in [-0.05, 0) is 37.8 Å². The molecule has 3 aliphatic rings. The van der Waals surface area contributed by atoms with Crippen molar-refractivity contribution in [2.75, 3.05) is 44.3 Å². The van der Waals surface area contributed by atoms with Gasteiger partial charge in [-0.2, -0.15) is 0 Å². The molecule has 6 nitrogen and oxygen atoms in total. The van der Waals surface area contributed by atoms with Gasteiger partial charge in [0.15, 0.2) is 0 Å². The van der Waals surface area contributed by atoms with E-state index in [-0.39, 0.29) is 17.6 Å². The van der Waals surface area contributed by atoms with Crippen LogP contribution in [0.4, 0.5) is 5.69 Å². The van der Waals surface area contributed by atoms with Crippen LogP contribution in [0.15, 0.2) is 24.5 Å². The number of rotatable bonds is 2. The molecule has 3 saturated heterocycles. The summed E-state index contributed by atoms with van der Waals surface area (Å²) in [7, 11) is 0. The number of piperidine rings is 1. The maximum absolute atomic E-state index is 12.7. The largest absolute Gasteiger partial charge is 0.369 e. The predicted molar refractivity (Wildman–Crippen MR) is 89.9 cm³/mol.